The Hall–Kier alpha value is -1.99. The highest BCUT2D eigenvalue weighted by molar-refractivity contribution is 6.42. The van der Waals surface area contributed by atoms with Crippen molar-refractivity contribution in [2.24, 2.45) is 5.73 Å². The van der Waals surface area contributed by atoms with Gasteiger partial charge in [-0.3, -0.25) is 4.90 Å². The molecule has 1 atom stereocenters. The number of nitrogens with two attached hydrogens (primary N) is 1. The van der Waals surface area contributed by atoms with Gasteiger partial charge < -0.3 is 15.2 Å². The Morgan fingerprint density at radius 1 is 1.25 bits per heavy atom. The summed E-state index contributed by atoms with van der Waals surface area (Å²) in [5.41, 5.74) is 5.10. The van der Waals surface area contributed by atoms with Gasteiger partial charge in [0, 0.05) is 5.69 Å². The van der Waals surface area contributed by atoms with Gasteiger partial charge in [-0.2, -0.15) is 0 Å². The van der Waals surface area contributed by atoms with Crippen molar-refractivity contribution in [1.82, 2.24) is 0 Å². The van der Waals surface area contributed by atoms with Crippen LogP contribution in [0.4, 0.5) is 15.3 Å². The number of halogens is 2. The van der Waals surface area contributed by atoms with Gasteiger partial charge >= 0.3 is 18.2 Å². The fourth-order valence-corrected chi connectivity index (χ4v) is 2.08. The molecular weight excluding hydrogens is 359 g/mol. The summed E-state index contributed by atoms with van der Waals surface area (Å²) < 4.78 is 9.47. The maximum atomic E-state index is 12.4. The van der Waals surface area contributed by atoms with Crippen LogP contribution < -0.4 is 10.6 Å². The Kier molecular flexibility index (Phi) is 7.81. The highest BCUT2D eigenvalue weighted by Gasteiger charge is 2.31. The molecule has 24 heavy (non-hydrogen) atoms. The van der Waals surface area contributed by atoms with Crippen molar-refractivity contribution in [3.63, 3.8) is 0 Å². The first-order valence-electron chi connectivity index (χ1n) is 7.20. The molecule has 0 bridgehead atoms. The molecule has 132 valence electrons. The van der Waals surface area contributed by atoms with E-state index in [1.165, 1.54) is 25.1 Å². The zero-order valence-electron chi connectivity index (χ0n) is 13.3. The SMILES string of the molecule is CCCCOC(=O)N(c1ccc(Cl)c(Cl)c1)[C@@H](C)C(=O)OC(N)=O. The van der Waals surface area contributed by atoms with E-state index in [4.69, 9.17) is 33.7 Å². The number of nitrogens with zero attached hydrogens (tertiary/aromatic N) is 1. The van der Waals surface area contributed by atoms with Gasteiger partial charge in [0.05, 0.1) is 16.7 Å². The van der Waals surface area contributed by atoms with Gasteiger partial charge in [-0.25, -0.2) is 14.4 Å². The number of primary amides is 1. The monoisotopic (exact) mass is 376 g/mol. The molecule has 0 fully saturated rings. The lowest BCUT2D eigenvalue weighted by atomic mass is 10.2. The van der Waals surface area contributed by atoms with Gasteiger partial charge in [0.1, 0.15) is 6.04 Å². The fraction of sp³-hybridized carbons (Fsp3) is 0.400. The number of esters is 1. The van der Waals surface area contributed by atoms with Crippen LogP contribution in [0.25, 0.3) is 0 Å². The Morgan fingerprint density at radius 2 is 1.92 bits per heavy atom. The van der Waals surface area contributed by atoms with Crippen molar-refractivity contribution in [2.75, 3.05) is 11.5 Å². The summed E-state index contributed by atoms with van der Waals surface area (Å²) >= 11 is 11.8. The minimum Gasteiger partial charge on any atom is -0.449 e. The topological polar surface area (TPSA) is 98.9 Å². The number of amides is 2. The number of carbonyl (C=O) groups excluding carboxylic acids is 3. The zero-order valence-corrected chi connectivity index (χ0v) is 14.8. The van der Waals surface area contributed by atoms with Crippen LogP contribution in [0.15, 0.2) is 18.2 Å². The molecule has 0 saturated carbocycles. The Balaban J connectivity index is 3.10. The standard InChI is InChI=1S/C15H18Cl2N2O5/c1-3-4-7-23-15(22)19(9(2)13(20)24-14(18)21)10-5-6-11(16)12(17)8-10/h5-6,8-9H,3-4,7H2,1-2H3,(H2,18,21)/t9-/m0/s1. The lowest BCUT2D eigenvalue weighted by molar-refractivity contribution is -0.138. The molecule has 0 heterocycles. The molecule has 0 aliphatic carbocycles. The highest BCUT2D eigenvalue weighted by atomic mass is 35.5. The largest absolute Gasteiger partial charge is 0.449 e. The van der Waals surface area contributed by atoms with E-state index in [0.29, 0.717) is 6.42 Å². The van der Waals surface area contributed by atoms with Crippen molar-refractivity contribution in [2.45, 2.75) is 32.7 Å². The molecule has 0 radical (unpaired) electrons. The molecule has 0 spiro atoms. The van der Waals surface area contributed by atoms with Gasteiger partial charge in [-0.05, 0) is 31.5 Å². The molecule has 0 unspecified atom stereocenters. The van der Waals surface area contributed by atoms with Crippen LogP contribution in [0.1, 0.15) is 26.7 Å². The molecule has 0 aromatic heterocycles. The molecule has 1 aromatic rings. The molecule has 1 aromatic carbocycles. The van der Waals surface area contributed by atoms with Gasteiger partial charge in [0.2, 0.25) is 0 Å². The molecule has 7 nitrogen and oxygen atoms in total. The first-order valence-corrected chi connectivity index (χ1v) is 7.95. The van der Waals surface area contributed by atoms with Gasteiger partial charge in [0.15, 0.2) is 0 Å². The average Bonchev–Trinajstić information content (AvgIpc) is 2.50. The Bertz CT molecular complexity index is 624. The summed E-state index contributed by atoms with van der Waals surface area (Å²) in [7, 11) is 0. The number of rotatable bonds is 6. The molecular formula is C15H18Cl2N2O5. The molecule has 0 saturated heterocycles. The van der Waals surface area contributed by atoms with Crippen molar-refractivity contribution in [3.05, 3.63) is 28.2 Å². The van der Waals surface area contributed by atoms with Crippen LogP contribution >= 0.6 is 23.2 Å². The number of anilines is 1. The first kappa shape index (κ1) is 20.1. The highest BCUT2D eigenvalue weighted by Crippen LogP contribution is 2.29. The quantitative estimate of drug-likeness (QED) is 0.463. The van der Waals surface area contributed by atoms with Crippen molar-refractivity contribution in [3.8, 4) is 0 Å². The van der Waals surface area contributed by atoms with E-state index in [0.717, 1.165) is 11.3 Å². The molecule has 0 aliphatic heterocycles. The normalized spacial score (nSPS) is 11.5. The summed E-state index contributed by atoms with van der Waals surface area (Å²) in [6.07, 6.45) is -0.545. The third-order valence-corrected chi connectivity index (χ3v) is 3.77. The fourth-order valence-electron chi connectivity index (χ4n) is 1.79. The number of ether oxygens (including phenoxy) is 2. The predicted octanol–water partition coefficient (Wildman–Crippen LogP) is 3.75. The van der Waals surface area contributed by atoms with Gasteiger partial charge in [-0.15, -0.1) is 0 Å². The van der Waals surface area contributed by atoms with Crippen LogP contribution in [0.5, 0.6) is 0 Å². The van der Waals surface area contributed by atoms with E-state index in [2.05, 4.69) is 4.74 Å². The smallest absolute Gasteiger partial charge is 0.415 e. The lowest BCUT2D eigenvalue weighted by Crippen LogP contribution is -2.45. The lowest BCUT2D eigenvalue weighted by Gasteiger charge is -2.27. The van der Waals surface area contributed by atoms with Crippen molar-refractivity contribution in [1.29, 1.82) is 0 Å². The van der Waals surface area contributed by atoms with E-state index in [1.807, 2.05) is 6.92 Å². The summed E-state index contributed by atoms with van der Waals surface area (Å²) in [5, 5.41) is 0.475. The van der Waals surface area contributed by atoms with Crippen LogP contribution in [0.2, 0.25) is 10.0 Å². The van der Waals surface area contributed by atoms with E-state index in [9.17, 15) is 14.4 Å². The number of unbranched alkanes of at least 4 members (excludes halogenated alkanes) is 1. The summed E-state index contributed by atoms with van der Waals surface area (Å²) in [5.74, 6) is -0.999. The Labute approximate surface area is 149 Å². The minimum atomic E-state index is -1.26. The van der Waals surface area contributed by atoms with Crippen LogP contribution in [0.3, 0.4) is 0 Å². The number of hydrogen-bond acceptors (Lipinski definition) is 5. The summed E-state index contributed by atoms with van der Waals surface area (Å²) in [6.45, 7) is 3.50. The second-order valence-corrected chi connectivity index (χ2v) is 5.67. The number of hydrogen-bond donors (Lipinski definition) is 1. The molecule has 0 aliphatic rings. The first-order chi connectivity index (χ1) is 11.3. The van der Waals surface area contributed by atoms with Crippen LogP contribution in [-0.2, 0) is 14.3 Å². The van der Waals surface area contributed by atoms with Crippen molar-refractivity contribution < 1.29 is 23.9 Å². The van der Waals surface area contributed by atoms with Crippen LogP contribution in [0, 0.1) is 0 Å². The third-order valence-electron chi connectivity index (χ3n) is 3.03. The second-order valence-electron chi connectivity index (χ2n) is 4.85. The maximum Gasteiger partial charge on any atom is 0.415 e. The van der Waals surface area contributed by atoms with E-state index >= 15 is 0 Å². The zero-order chi connectivity index (χ0) is 18.3. The summed E-state index contributed by atoms with van der Waals surface area (Å²) in [4.78, 5) is 36.0. The van der Waals surface area contributed by atoms with E-state index in [1.54, 1.807) is 0 Å². The van der Waals surface area contributed by atoms with Gasteiger partial charge in [-0.1, -0.05) is 36.5 Å². The number of benzene rings is 1. The molecule has 2 N–H and O–H groups in total. The molecule has 9 heteroatoms. The Morgan fingerprint density at radius 3 is 2.46 bits per heavy atom. The van der Waals surface area contributed by atoms with E-state index < -0.39 is 24.2 Å². The number of carbonyl (C=O) groups is 3. The predicted molar refractivity (Wildman–Crippen MR) is 90.3 cm³/mol. The molecule has 2 amide bonds. The molecule has 1 rings (SSSR count). The minimum absolute atomic E-state index is 0.185. The maximum absolute atomic E-state index is 12.4. The van der Waals surface area contributed by atoms with Gasteiger partial charge in [0.25, 0.3) is 0 Å². The van der Waals surface area contributed by atoms with Crippen LogP contribution in [-0.4, -0.2) is 30.8 Å². The van der Waals surface area contributed by atoms with Crippen molar-refractivity contribution >= 4 is 47.0 Å². The third kappa shape index (κ3) is 5.58. The van der Waals surface area contributed by atoms with E-state index in [-0.39, 0.29) is 22.3 Å². The second kappa shape index (κ2) is 9.34. The average molecular weight is 377 g/mol. The summed E-state index contributed by atoms with van der Waals surface area (Å²) in [6, 6.07) is 3.20.